The number of carbonyl (C=O) groups is 2. The van der Waals surface area contributed by atoms with E-state index in [0.29, 0.717) is 5.52 Å². The molecule has 0 spiro atoms. The second-order valence-electron chi connectivity index (χ2n) is 6.36. The normalized spacial score (nSPS) is 24.5. The van der Waals surface area contributed by atoms with Crippen LogP contribution in [0.5, 0.6) is 0 Å². The Morgan fingerprint density at radius 2 is 1.93 bits per heavy atom. The number of methoxy groups -OCH3 is 2. The Morgan fingerprint density at radius 3 is 2.46 bits per heavy atom. The fourth-order valence-electron chi connectivity index (χ4n) is 3.20. The van der Waals surface area contributed by atoms with E-state index in [1.54, 1.807) is 21.1 Å². The summed E-state index contributed by atoms with van der Waals surface area (Å²) in [7, 11) is 7.78. The number of anilines is 1. The molecule has 1 aliphatic rings. The maximum Gasteiger partial charge on any atom is 0.374 e. The molecule has 2 aromatic rings. The fourth-order valence-corrected chi connectivity index (χ4v) is 3.20. The highest BCUT2D eigenvalue weighted by molar-refractivity contribution is 5.90. The summed E-state index contributed by atoms with van der Waals surface area (Å²) >= 11 is 0. The number of hydrogen-bond donors (Lipinski definition) is 2. The Morgan fingerprint density at radius 1 is 1.25 bits per heavy atom. The minimum atomic E-state index is -1.28. The van der Waals surface area contributed by atoms with Gasteiger partial charge >= 0.3 is 5.97 Å². The van der Waals surface area contributed by atoms with E-state index in [0.717, 1.165) is 0 Å². The third-order valence-electron chi connectivity index (χ3n) is 4.54. The Bertz CT molecular complexity index is 899. The summed E-state index contributed by atoms with van der Waals surface area (Å²) in [5.41, 5.74) is 0.596. The van der Waals surface area contributed by atoms with Crippen LogP contribution in [0.15, 0.2) is 6.33 Å². The molecule has 2 aromatic heterocycles. The monoisotopic (exact) mass is 394 g/mol. The molecule has 1 saturated heterocycles. The molecular weight excluding hydrogens is 372 g/mol. The van der Waals surface area contributed by atoms with Crippen LogP contribution < -0.4 is 5.32 Å². The molecule has 0 aliphatic carbocycles. The van der Waals surface area contributed by atoms with Gasteiger partial charge in [-0.05, 0) is 0 Å². The van der Waals surface area contributed by atoms with Crippen molar-refractivity contribution in [1.82, 2.24) is 24.4 Å². The molecule has 0 aromatic carbocycles. The average Bonchev–Trinajstić information content (AvgIpc) is 3.26. The van der Waals surface area contributed by atoms with Crippen LogP contribution in [0.4, 0.5) is 5.82 Å². The van der Waals surface area contributed by atoms with E-state index in [1.807, 2.05) is 0 Å². The molecule has 4 atom stereocenters. The van der Waals surface area contributed by atoms with Crippen molar-refractivity contribution in [3.63, 3.8) is 0 Å². The van der Waals surface area contributed by atoms with Crippen LogP contribution in [0.25, 0.3) is 11.2 Å². The smallest absolute Gasteiger partial charge is 0.374 e. The van der Waals surface area contributed by atoms with Crippen molar-refractivity contribution < 1.29 is 28.9 Å². The number of hydrogen-bond acceptors (Lipinski definition) is 9. The Labute approximate surface area is 160 Å². The summed E-state index contributed by atoms with van der Waals surface area (Å²) in [5, 5.41) is 12.1. The van der Waals surface area contributed by atoms with Crippen LogP contribution in [-0.2, 0) is 19.0 Å². The van der Waals surface area contributed by atoms with Crippen molar-refractivity contribution in [3.05, 3.63) is 12.2 Å². The van der Waals surface area contributed by atoms with Crippen molar-refractivity contribution in [2.75, 3.05) is 40.7 Å². The second-order valence-corrected chi connectivity index (χ2v) is 6.36. The number of carbonyl (C=O) groups excluding carboxylic acids is 1. The maximum atomic E-state index is 12.5. The number of aromatic carboxylic acids is 1. The molecule has 0 saturated carbocycles. The van der Waals surface area contributed by atoms with Gasteiger partial charge in [-0.1, -0.05) is 0 Å². The lowest BCUT2D eigenvalue weighted by atomic mass is 10.1. The molecule has 12 heteroatoms. The van der Waals surface area contributed by atoms with Gasteiger partial charge < -0.3 is 29.5 Å². The molecule has 3 heterocycles. The van der Waals surface area contributed by atoms with Gasteiger partial charge in [-0.15, -0.1) is 0 Å². The molecule has 1 amide bonds. The van der Waals surface area contributed by atoms with E-state index < -0.39 is 36.3 Å². The maximum absolute atomic E-state index is 12.5. The summed E-state index contributed by atoms with van der Waals surface area (Å²) in [5.74, 6) is -1.69. The highest BCUT2D eigenvalue weighted by Crippen LogP contribution is 2.36. The van der Waals surface area contributed by atoms with Crippen LogP contribution >= 0.6 is 0 Å². The van der Waals surface area contributed by atoms with Gasteiger partial charge in [-0.2, -0.15) is 0 Å². The number of nitrogens with zero attached hydrogens (tertiary/aromatic N) is 5. The van der Waals surface area contributed by atoms with Gasteiger partial charge in [0.2, 0.25) is 5.82 Å². The number of likely N-dealkylation sites (N-methyl/N-ethyl adjacent to an activating group) is 1. The van der Waals surface area contributed by atoms with Crippen LogP contribution in [0.1, 0.15) is 16.8 Å². The molecule has 0 radical (unpaired) electrons. The summed E-state index contributed by atoms with van der Waals surface area (Å²) < 4.78 is 18.5. The van der Waals surface area contributed by atoms with E-state index in [2.05, 4.69) is 20.3 Å². The van der Waals surface area contributed by atoms with E-state index in [9.17, 15) is 14.7 Å². The summed E-state index contributed by atoms with van der Waals surface area (Å²) in [4.78, 5) is 37.6. The number of fused-ring (bicyclic) bond motifs is 1. The molecular formula is C16H22N6O6. The molecule has 3 unspecified atom stereocenters. The zero-order valence-electron chi connectivity index (χ0n) is 16.1. The van der Waals surface area contributed by atoms with Gasteiger partial charge in [0.05, 0.1) is 6.33 Å². The van der Waals surface area contributed by atoms with E-state index in [4.69, 9.17) is 14.2 Å². The summed E-state index contributed by atoms with van der Waals surface area (Å²) in [6.07, 6.45) is -1.60. The molecule has 28 heavy (non-hydrogen) atoms. The summed E-state index contributed by atoms with van der Waals surface area (Å²) in [6, 6.07) is 0. The molecule has 12 nitrogen and oxygen atoms in total. The highest BCUT2D eigenvalue weighted by Gasteiger charge is 2.50. The number of ether oxygens (including phenoxy) is 3. The zero-order chi connectivity index (χ0) is 20.6. The van der Waals surface area contributed by atoms with Gasteiger partial charge in [0.15, 0.2) is 29.3 Å². The van der Waals surface area contributed by atoms with Crippen LogP contribution in [0, 0.1) is 0 Å². The third kappa shape index (κ3) is 3.15. The summed E-state index contributed by atoms with van der Waals surface area (Å²) in [6.45, 7) is 0. The first-order chi connectivity index (χ1) is 13.3. The highest BCUT2D eigenvalue weighted by atomic mass is 16.6. The topological polar surface area (TPSA) is 141 Å². The van der Waals surface area contributed by atoms with Crippen molar-refractivity contribution in [2.24, 2.45) is 0 Å². The first kappa shape index (κ1) is 19.9. The average molecular weight is 394 g/mol. The van der Waals surface area contributed by atoms with Gasteiger partial charge in [0.25, 0.3) is 5.91 Å². The number of rotatable bonds is 6. The first-order valence-electron chi connectivity index (χ1n) is 8.41. The zero-order valence-corrected chi connectivity index (χ0v) is 16.1. The standard InChI is InChI=1S/C16H22N6O6/c1-17-11-7-13(20-12(19-11)16(24)25)22(6-18-7)15-10(27-5)8(26-4)9(28-15)14(23)21(2)3/h6,8-10,15H,1-5H3,(H,24,25)(H,17,19,20)/t8?,9-,10?,15?/m0/s1. The molecule has 1 fully saturated rings. The van der Waals surface area contributed by atoms with E-state index in [-0.39, 0.29) is 17.4 Å². The third-order valence-corrected chi connectivity index (χ3v) is 4.54. The Kier molecular flexibility index (Phi) is 5.45. The van der Waals surface area contributed by atoms with E-state index in [1.165, 1.54) is 30.0 Å². The minimum Gasteiger partial charge on any atom is -0.475 e. The quantitative estimate of drug-likeness (QED) is 0.663. The van der Waals surface area contributed by atoms with Gasteiger partial charge in [-0.3, -0.25) is 9.36 Å². The van der Waals surface area contributed by atoms with Crippen molar-refractivity contribution in [2.45, 2.75) is 24.5 Å². The Hall–Kier alpha value is -2.83. The SMILES string of the molecule is CNc1nc(C(=O)O)nc2c1ncn2C1O[C@H](C(=O)N(C)C)C(OC)C1OC. The molecule has 1 aliphatic heterocycles. The largest absolute Gasteiger partial charge is 0.475 e. The van der Waals surface area contributed by atoms with Crippen LogP contribution in [0.2, 0.25) is 0 Å². The van der Waals surface area contributed by atoms with Gasteiger partial charge in [-0.25, -0.2) is 19.7 Å². The number of aromatic nitrogens is 4. The van der Waals surface area contributed by atoms with Gasteiger partial charge in [0, 0.05) is 35.4 Å². The number of nitrogens with one attached hydrogen (secondary N) is 1. The minimum absolute atomic E-state index is 0.233. The lowest BCUT2D eigenvalue weighted by molar-refractivity contribution is -0.146. The number of amides is 1. The van der Waals surface area contributed by atoms with Gasteiger partial charge in [0.1, 0.15) is 12.2 Å². The molecule has 3 rings (SSSR count). The molecule has 152 valence electrons. The van der Waals surface area contributed by atoms with Crippen LogP contribution in [0.3, 0.4) is 0 Å². The lowest BCUT2D eigenvalue weighted by Gasteiger charge is -2.22. The van der Waals surface area contributed by atoms with Crippen molar-refractivity contribution >= 4 is 28.9 Å². The number of carboxylic acid groups (broad SMARTS) is 1. The molecule has 2 N–H and O–H groups in total. The van der Waals surface area contributed by atoms with Crippen molar-refractivity contribution in [1.29, 1.82) is 0 Å². The second kappa shape index (κ2) is 7.66. The number of imidazole rings is 1. The predicted octanol–water partition coefficient (Wildman–Crippen LogP) is -0.418. The lowest BCUT2D eigenvalue weighted by Crippen LogP contribution is -2.43. The molecule has 0 bridgehead atoms. The van der Waals surface area contributed by atoms with E-state index >= 15 is 0 Å². The van der Waals surface area contributed by atoms with Crippen LogP contribution in [-0.4, -0.2) is 95.1 Å². The fraction of sp³-hybridized carbons (Fsp3) is 0.562. The van der Waals surface area contributed by atoms with Crippen molar-refractivity contribution in [3.8, 4) is 0 Å². The number of carboxylic acids is 1. The predicted molar refractivity (Wildman–Crippen MR) is 96.0 cm³/mol. The first-order valence-corrected chi connectivity index (χ1v) is 8.41. The Balaban J connectivity index is 2.11.